The molecule has 0 spiro atoms. The van der Waals surface area contributed by atoms with Crippen LogP contribution < -0.4 is 5.56 Å². The Morgan fingerprint density at radius 1 is 1.30 bits per heavy atom. The van der Waals surface area contributed by atoms with Gasteiger partial charge >= 0.3 is 0 Å². The molecule has 2 heterocycles. The van der Waals surface area contributed by atoms with Crippen LogP contribution in [0.1, 0.15) is 40.8 Å². The SMILES string of the molecule is CCCCN(C)C(=O)c1sc2nc(CN(C)C)[nH]c(=O)c2c1C. The van der Waals surface area contributed by atoms with Gasteiger partial charge in [0.2, 0.25) is 0 Å². The largest absolute Gasteiger partial charge is 0.341 e. The lowest BCUT2D eigenvalue weighted by atomic mass is 10.2. The molecule has 0 unspecified atom stereocenters. The van der Waals surface area contributed by atoms with Crippen molar-refractivity contribution >= 4 is 27.5 Å². The maximum atomic E-state index is 12.6. The van der Waals surface area contributed by atoms with E-state index in [1.807, 2.05) is 25.9 Å². The van der Waals surface area contributed by atoms with Crippen molar-refractivity contribution in [3.63, 3.8) is 0 Å². The van der Waals surface area contributed by atoms with E-state index in [1.54, 1.807) is 11.9 Å². The Morgan fingerprint density at radius 2 is 2.00 bits per heavy atom. The Labute approximate surface area is 140 Å². The van der Waals surface area contributed by atoms with Crippen molar-refractivity contribution in [1.82, 2.24) is 19.8 Å². The predicted molar refractivity (Wildman–Crippen MR) is 94.2 cm³/mol. The van der Waals surface area contributed by atoms with Crippen LogP contribution in [0.3, 0.4) is 0 Å². The summed E-state index contributed by atoms with van der Waals surface area (Å²) in [6.07, 6.45) is 2.01. The molecule has 0 aliphatic rings. The molecule has 0 atom stereocenters. The Kier molecular flexibility index (Phi) is 5.54. The first-order chi connectivity index (χ1) is 10.8. The van der Waals surface area contributed by atoms with Gasteiger partial charge in [-0.05, 0) is 33.0 Å². The first kappa shape index (κ1) is 17.6. The number of unbranched alkanes of at least 4 members (excludes halogenated alkanes) is 1. The highest BCUT2D eigenvalue weighted by molar-refractivity contribution is 7.20. The smallest absolute Gasteiger partial charge is 0.264 e. The monoisotopic (exact) mass is 336 g/mol. The summed E-state index contributed by atoms with van der Waals surface area (Å²) in [5, 5.41) is 0.532. The summed E-state index contributed by atoms with van der Waals surface area (Å²) in [6.45, 7) is 5.20. The highest BCUT2D eigenvalue weighted by atomic mass is 32.1. The third-order valence-corrected chi connectivity index (χ3v) is 4.88. The first-order valence-corrected chi connectivity index (χ1v) is 8.59. The maximum Gasteiger partial charge on any atom is 0.264 e. The van der Waals surface area contributed by atoms with E-state index in [9.17, 15) is 9.59 Å². The van der Waals surface area contributed by atoms with Crippen molar-refractivity contribution in [3.8, 4) is 0 Å². The molecule has 7 heteroatoms. The highest BCUT2D eigenvalue weighted by Crippen LogP contribution is 2.28. The molecule has 0 saturated carbocycles. The van der Waals surface area contributed by atoms with Gasteiger partial charge in [-0.2, -0.15) is 0 Å². The molecule has 2 rings (SSSR count). The zero-order chi connectivity index (χ0) is 17.1. The van der Waals surface area contributed by atoms with Crippen molar-refractivity contribution in [1.29, 1.82) is 0 Å². The van der Waals surface area contributed by atoms with Gasteiger partial charge < -0.3 is 14.8 Å². The van der Waals surface area contributed by atoms with Crippen molar-refractivity contribution in [2.75, 3.05) is 27.7 Å². The van der Waals surface area contributed by atoms with E-state index in [1.165, 1.54) is 11.3 Å². The van der Waals surface area contributed by atoms with Crippen molar-refractivity contribution in [2.24, 2.45) is 0 Å². The number of hydrogen-bond donors (Lipinski definition) is 1. The molecule has 6 nitrogen and oxygen atoms in total. The van der Waals surface area contributed by atoms with E-state index in [4.69, 9.17) is 0 Å². The van der Waals surface area contributed by atoms with Crippen molar-refractivity contribution in [3.05, 3.63) is 26.6 Å². The van der Waals surface area contributed by atoms with Gasteiger partial charge in [-0.3, -0.25) is 9.59 Å². The lowest BCUT2D eigenvalue weighted by Gasteiger charge is -2.15. The number of amides is 1. The molecular weight excluding hydrogens is 312 g/mol. The fourth-order valence-corrected chi connectivity index (χ4v) is 3.63. The summed E-state index contributed by atoms with van der Waals surface area (Å²) >= 11 is 1.31. The number of nitrogens with zero attached hydrogens (tertiary/aromatic N) is 3. The number of carbonyl (C=O) groups excluding carboxylic acids is 1. The second kappa shape index (κ2) is 7.23. The number of fused-ring (bicyclic) bond motifs is 1. The fraction of sp³-hybridized carbons (Fsp3) is 0.562. The third kappa shape index (κ3) is 3.79. The van der Waals surface area contributed by atoms with Crippen LogP contribution in [0.15, 0.2) is 4.79 Å². The average molecular weight is 336 g/mol. The van der Waals surface area contributed by atoms with Crippen LogP contribution >= 0.6 is 11.3 Å². The zero-order valence-electron chi connectivity index (χ0n) is 14.4. The van der Waals surface area contributed by atoms with Gasteiger partial charge in [0.1, 0.15) is 10.7 Å². The topological polar surface area (TPSA) is 69.3 Å². The van der Waals surface area contributed by atoms with Gasteiger partial charge in [0.05, 0.1) is 16.8 Å². The summed E-state index contributed by atoms with van der Waals surface area (Å²) in [5.41, 5.74) is 0.555. The maximum absolute atomic E-state index is 12.6. The van der Waals surface area contributed by atoms with Crippen LogP contribution in [-0.2, 0) is 6.54 Å². The van der Waals surface area contributed by atoms with Crippen LogP contribution in [0.2, 0.25) is 0 Å². The van der Waals surface area contributed by atoms with E-state index in [0.29, 0.717) is 27.5 Å². The predicted octanol–water partition coefficient (Wildman–Crippen LogP) is 2.23. The second-order valence-corrected chi connectivity index (χ2v) is 7.07. The van der Waals surface area contributed by atoms with E-state index in [-0.39, 0.29) is 11.5 Å². The van der Waals surface area contributed by atoms with Crippen LogP contribution in [0.25, 0.3) is 10.2 Å². The molecule has 0 fully saturated rings. The number of hydrogen-bond acceptors (Lipinski definition) is 5. The molecule has 2 aromatic rings. The fourth-order valence-electron chi connectivity index (χ4n) is 2.44. The molecular formula is C16H24N4O2S. The minimum absolute atomic E-state index is 0.0347. The lowest BCUT2D eigenvalue weighted by molar-refractivity contribution is 0.0797. The van der Waals surface area contributed by atoms with Crippen molar-refractivity contribution in [2.45, 2.75) is 33.2 Å². The Hall–Kier alpha value is -1.73. The normalized spacial score (nSPS) is 11.4. The number of carbonyl (C=O) groups is 1. The average Bonchev–Trinajstić information content (AvgIpc) is 2.80. The van der Waals surface area contributed by atoms with Gasteiger partial charge in [0.15, 0.2) is 0 Å². The first-order valence-electron chi connectivity index (χ1n) is 7.77. The van der Waals surface area contributed by atoms with Gasteiger partial charge in [0, 0.05) is 13.6 Å². The van der Waals surface area contributed by atoms with E-state index in [2.05, 4.69) is 16.9 Å². The quantitative estimate of drug-likeness (QED) is 0.878. The van der Waals surface area contributed by atoms with E-state index >= 15 is 0 Å². The van der Waals surface area contributed by atoms with Gasteiger partial charge in [-0.25, -0.2) is 4.98 Å². The zero-order valence-corrected chi connectivity index (χ0v) is 15.2. The molecule has 0 radical (unpaired) electrons. The summed E-state index contributed by atoms with van der Waals surface area (Å²) in [6, 6.07) is 0. The molecule has 0 aliphatic heterocycles. The lowest BCUT2D eigenvalue weighted by Crippen LogP contribution is -2.27. The Bertz CT molecular complexity index is 763. The number of thiophene rings is 1. The molecule has 0 aromatic carbocycles. The molecule has 1 N–H and O–H groups in total. The van der Waals surface area contributed by atoms with Gasteiger partial charge in [0.25, 0.3) is 11.5 Å². The number of nitrogens with one attached hydrogen (secondary N) is 1. The molecule has 126 valence electrons. The molecule has 0 aliphatic carbocycles. The highest BCUT2D eigenvalue weighted by Gasteiger charge is 2.21. The summed E-state index contributed by atoms with van der Waals surface area (Å²) in [4.78, 5) is 37.2. The molecule has 23 heavy (non-hydrogen) atoms. The number of H-pyrrole nitrogens is 1. The van der Waals surface area contributed by atoms with Gasteiger partial charge in [-0.1, -0.05) is 13.3 Å². The van der Waals surface area contributed by atoms with Crippen LogP contribution in [-0.4, -0.2) is 53.4 Å². The number of aryl methyl sites for hydroxylation is 1. The number of rotatable bonds is 6. The minimum atomic E-state index is -0.170. The second-order valence-electron chi connectivity index (χ2n) is 6.07. The van der Waals surface area contributed by atoms with E-state index in [0.717, 1.165) is 24.9 Å². The van der Waals surface area contributed by atoms with Crippen LogP contribution in [0, 0.1) is 6.92 Å². The van der Waals surface area contributed by atoms with Crippen LogP contribution in [0.4, 0.5) is 0 Å². The van der Waals surface area contributed by atoms with Crippen LogP contribution in [0.5, 0.6) is 0 Å². The number of aromatic nitrogens is 2. The molecule has 0 saturated heterocycles. The standard InChI is InChI=1S/C16H24N4O2S/c1-6-7-8-20(5)16(22)13-10(2)12-14(21)17-11(9-19(3)4)18-15(12)23-13/h6-9H2,1-5H3,(H,17,18,21). The minimum Gasteiger partial charge on any atom is -0.341 e. The Morgan fingerprint density at radius 3 is 2.61 bits per heavy atom. The van der Waals surface area contributed by atoms with Crippen molar-refractivity contribution < 1.29 is 4.79 Å². The summed E-state index contributed by atoms with van der Waals surface area (Å²) in [7, 11) is 5.64. The summed E-state index contributed by atoms with van der Waals surface area (Å²) in [5.74, 6) is 0.583. The molecule has 1 amide bonds. The van der Waals surface area contributed by atoms with E-state index < -0.39 is 0 Å². The molecule has 2 aromatic heterocycles. The third-order valence-electron chi connectivity index (χ3n) is 3.70. The summed E-state index contributed by atoms with van der Waals surface area (Å²) < 4.78 is 0. The Balaban J connectivity index is 2.43. The molecule has 0 bridgehead atoms. The number of aromatic amines is 1. The van der Waals surface area contributed by atoms with Gasteiger partial charge in [-0.15, -0.1) is 11.3 Å².